The zero-order valence-electron chi connectivity index (χ0n) is 15.7. The molecule has 0 radical (unpaired) electrons. The summed E-state index contributed by atoms with van der Waals surface area (Å²) in [6.07, 6.45) is 6.75. The highest BCUT2D eigenvalue weighted by molar-refractivity contribution is 5.90. The minimum atomic E-state index is -0.120. The van der Waals surface area contributed by atoms with Gasteiger partial charge in [0.2, 0.25) is 0 Å². The van der Waals surface area contributed by atoms with Gasteiger partial charge >= 0.3 is 6.03 Å². The molecule has 2 fully saturated rings. The van der Waals surface area contributed by atoms with Crippen LogP contribution in [-0.4, -0.2) is 26.8 Å². The van der Waals surface area contributed by atoms with Crippen LogP contribution in [0.15, 0.2) is 36.9 Å². The van der Waals surface area contributed by atoms with E-state index in [1.54, 1.807) is 11.0 Å². The van der Waals surface area contributed by atoms with Crippen LogP contribution in [0.4, 0.5) is 10.5 Å². The molecule has 2 saturated carbocycles. The monoisotopic (exact) mass is 353 g/mol. The van der Waals surface area contributed by atoms with Crippen molar-refractivity contribution in [3.63, 3.8) is 0 Å². The maximum atomic E-state index is 12.7. The van der Waals surface area contributed by atoms with Crippen LogP contribution in [0.2, 0.25) is 0 Å². The molecule has 2 aliphatic rings. The number of hydrogen-bond donors (Lipinski definition) is 2. The van der Waals surface area contributed by atoms with E-state index in [4.69, 9.17) is 0 Å². The molecule has 2 amide bonds. The fourth-order valence-corrected chi connectivity index (χ4v) is 5.01. The van der Waals surface area contributed by atoms with E-state index in [2.05, 4.69) is 41.5 Å². The molecular formula is C20H27N5O. The van der Waals surface area contributed by atoms with E-state index in [1.165, 1.54) is 19.2 Å². The Balaban J connectivity index is 1.45. The van der Waals surface area contributed by atoms with Gasteiger partial charge in [-0.05, 0) is 47.6 Å². The van der Waals surface area contributed by atoms with Crippen LogP contribution in [0.25, 0.3) is 0 Å². The summed E-state index contributed by atoms with van der Waals surface area (Å²) in [4.78, 5) is 16.7. The molecule has 2 N–H and O–H groups in total. The number of rotatable bonds is 4. The second-order valence-electron chi connectivity index (χ2n) is 8.51. The standard InChI is InChI=1S/C20H27N5O/c1-19(2)15-8-9-20(19,3)17(10-15)24-18(26)23-16-7-5-4-6-14(16)11-25-13-21-12-22-25/h4-7,12-13,15,17H,8-11H2,1-3H3,(H2,23,24,26)/t15-,17+,20-/m0/s1. The van der Waals surface area contributed by atoms with Crippen molar-refractivity contribution in [1.29, 1.82) is 0 Å². The summed E-state index contributed by atoms with van der Waals surface area (Å²) in [6.45, 7) is 7.63. The fourth-order valence-electron chi connectivity index (χ4n) is 5.01. The van der Waals surface area contributed by atoms with E-state index in [9.17, 15) is 4.79 Å². The number of nitrogens with one attached hydrogen (secondary N) is 2. The number of carbonyl (C=O) groups excluding carboxylic acids is 1. The Kier molecular flexibility index (Phi) is 4.01. The van der Waals surface area contributed by atoms with Gasteiger partial charge in [-0.25, -0.2) is 14.5 Å². The Morgan fingerprint density at radius 2 is 2.12 bits per heavy atom. The van der Waals surface area contributed by atoms with E-state index in [-0.39, 0.29) is 22.9 Å². The lowest BCUT2D eigenvalue weighted by Gasteiger charge is -2.39. The molecule has 3 atom stereocenters. The largest absolute Gasteiger partial charge is 0.335 e. The molecule has 0 spiro atoms. The first kappa shape index (κ1) is 17.1. The van der Waals surface area contributed by atoms with Crippen LogP contribution in [0.3, 0.4) is 0 Å². The van der Waals surface area contributed by atoms with Gasteiger partial charge in [-0.3, -0.25) is 0 Å². The van der Waals surface area contributed by atoms with Crippen LogP contribution >= 0.6 is 0 Å². The summed E-state index contributed by atoms with van der Waals surface area (Å²) < 4.78 is 1.75. The van der Waals surface area contributed by atoms with Crippen molar-refractivity contribution < 1.29 is 4.79 Å². The number of nitrogens with zero attached hydrogens (tertiary/aromatic N) is 3. The van der Waals surface area contributed by atoms with E-state index in [0.717, 1.165) is 17.7 Å². The van der Waals surface area contributed by atoms with Gasteiger partial charge in [0, 0.05) is 11.7 Å². The molecule has 1 heterocycles. The van der Waals surface area contributed by atoms with Crippen molar-refractivity contribution in [2.24, 2.45) is 16.7 Å². The first-order valence-corrected chi connectivity index (χ1v) is 9.38. The molecule has 6 heteroatoms. The summed E-state index contributed by atoms with van der Waals surface area (Å²) in [7, 11) is 0. The second kappa shape index (κ2) is 6.11. The summed E-state index contributed by atoms with van der Waals surface area (Å²) in [5.41, 5.74) is 2.28. The highest BCUT2D eigenvalue weighted by Gasteiger charge is 2.61. The number of urea groups is 1. The van der Waals surface area contributed by atoms with Gasteiger partial charge in [0.1, 0.15) is 12.7 Å². The molecule has 2 aliphatic carbocycles. The molecule has 6 nitrogen and oxygen atoms in total. The molecule has 1 aromatic heterocycles. The van der Waals surface area contributed by atoms with Crippen molar-refractivity contribution in [2.75, 3.05) is 5.32 Å². The lowest BCUT2D eigenvalue weighted by atomic mass is 9.69. The second-order valence-corrected chi connectivity index (χ2v) is 8.51. The van der Waals surface area contributed by atoms with Gasteiger partial charge in [-0.1, -0.05) is 39.0 Å². The van der Waals surface area contributed by atoms with Crippen molar-refractivity contribution in [3.05, 3.63) is 42.5 Å². The van der Waals surface area contributed by atoms with Gasteiger partial charge < -0.3 is 10.6 Å². The SMILES string of the molecule is CC1(C)[C@H]2CC[C@@]1(C)[C@H](NC(=O)Nc1ccccc1Cn1cncn1)C2. The van der Waals surface area contributed by atoms with Gasteiger partial charge in [0.25, 0.3) is 0 Å². The lowest BCUT2D eigenvalue weighted by molar-refractivity contribution is 0.125. The average molecular weight is 353 g/mol. The molecule has 4 rings (SSSR count). The van der Waals surface area contributed by atoms with Gasteiger partial charge in [-0.2, -0.15) is 5.10 Å². The molecule has 138 valence electrons. The molecule has 26 heavy (non-hydrogen) atoms. The Morgan fingerprint density at radius 1 is 1.31 bits per heavy atom. The summed E-state index contributed by atoms with van der Waals surface area (Å²) in [5.74, 6) is 0.706. The maximum Gasteiger partial charge on any atom is 0.319 e. The highest BCUT2D eigenvalue weighted by Crippen LogP contribution is 2.65. The molecule has 2 bridgehead atoms. The third kappa shape index (κ3) is 2.68. The summed E-state index contributed by atoms with van der Waals surface area (Å²) in [6, 6.07) is 7.94. The van der Waals surface area contributed by atoms with E-state index < -0.39 is 0 Å². The minimum absolute atomic E-state index is 0.120. The number of carbonyl (C=O) groups is 1. The third-order valence-corrected chi connectivity index (χ3v) is 7.16. The molecule has 0 unspecified atom stereocenters. The summed E-state index contributed by atoms with van der Waals surface area (Å²) in [5, 5.41) is 10.4. The van der Waals surface area contributed by atoms with Crippen molar-refractivity contribution in [2.45, 2.75) is 52.6 Å². The smallest absolute Gasteiger partial charge is 0.319 e. The van der Waals surface area contributed by atoms with Crippen LogP contribution < -0.4 is 10.6 Å². The topological polar surface area (TPSA) is 71.8 Å². The normalized spacial score (nSPS) is 28.9. The van der Waals surface area contributed by atoms with Gasteiger partial charge in [0.05, 0.1) is 6.54 Å². The van der Waals surface area contributed by atoms with Gasteiger partial charge in [0.15, 0.2) is 0 Å². The number of aromatic nitrogens is 3. The Bertz CT molecular complexity index is 800. The van der Waals surface area contributed by atoms with Crippen LogP contribution in [0.5, 0.6) is 0 Å². The molecular weight excluding hydrogens is 326 g/mol. The minimum Gasteiger partial charge on any atom is -0.335 e. The molecule has 1 aromatic carbocycles. The zero-order valence-corrected chi connectivity index (χ0v) is 15.7. The fraction of sp³-hybridized carbons (Fsp3) is 0.550. The predicted molar refractivity (Wildman–Crippen MR) is 101 cm³/mol. The molecule has 2 aromatic rings. The number of amides is 2. The van der Waals surface area contributed by atoms with E-state index in [1.807, 2.05) is 24.3 Å². The predicted octanol–water partition coefficient (Wildman–Crippen LogP) is 3.66. The number of anilines is 1. The number of fused-ring (bicyclic) bond motifs is 2. The Morgan fingerprint density at radius 3 is 2.77 bits per heavy atom. The zero-order chi connectivity index (χ0) is 18.4. The first-order chi connectivity index (χ1) is 12.4. The van der Waals surface area contributed by atoms with Crippen LogP contribution in [0.1, 0.15) is 45.6 Å². The number of hydrogen-bond acceptors (Lipinski definition) is 3. The lowest BCUT2D eigenvalue weighted by Crippen LogP contribution is -2.48. The van der Waals surface area contributed by atoms with Gasteiger partial charge in [-0.15, -0.1) is 0 Å². The van der Waals surface area contributed by atoms with Crippen molar-refractivity contribution in [3.8, 4) is 0 Å². The third-order valence-electron chi connectivity index (χ3n) is 7.16. The van der Waals surface area contributed by atoms with Crippen molar-refractivity contribution in [1.82, 2.24) is 20.1 Å². The summed E-state index contributed by atoms with van der Waals surface area (Å²) >= 11 is 0. The van der Waals surface area contributed by atoms with E-state index in [0.29, 0.717) is 12.5 Å². The average Bonchev–Trinajstić information content (AvgIpc) is 3.23. The highest BCUT2D eigenvalue weighted by atomic mass is 16.2. The van der Waals surface area contributed by atoms with Crippen LogP contribution in [-0.2, 0) is 6.54 Å². The first-order valence-electron chi connectivity index (χ1n) is 9.38. The number of benzene rings is 1. The Hall–Kier alpha value is -2.37. The Labute approximate surface area is 154 Å². The number of para-hydroxylation sites is 1. The quantitative estimate of drug-likeness (QED) is 0.881. The maximum absolute atomic E-state index is 12.7. The molecule has 0 saturated heterocycles. The molecule has 0 aliphatic heterocycles. The van der Waals surface area contributed by atoms with E-state index >= 15 is 0 Å². The van der Waals surface area contributed by atoms with Crippen molar-refractivity contribution >= 4 is 11.7 Å². The van der Waals surface area contributed by atoms with Crippen LogP contribution in [0, 0.1) is 16.7 Å².